The van der Waals surface area contributed by atoms with Crippen molar-refractivity contribution in [3.63, 3.8) is 0 Å². The fourth-order valence-electron chi connectivity index (χ4n) is 1.34. The third-order valence-electron chi connectivity index (χ3n) is 1.98. The highest BCUT2D eigenvalue weighted by Gasteiger charge is 2.00. The molecule has 0 nitrogen and oxygen atoms in total. The SMILES string of the molecule is [CH2]CCC([CH2])Cc1ccccc1. The molecule has 0 N–H and O–H groups in total. The quantitative estimate of drug-likeness (QED) is 0.634. The van der Waals surface area contributed by atoms with E-state index in [0.29, 0.717) is 5.92 Å². The second-order valence-electron chi connectivity index (χ2n) is 3.20. The Balaban J connectivity index is 2.41. The molecule has 0 aliphatic rings. The van der Waals surface area contributed by atoms with E-state index in [9.17, 15) is 0 Å². The van der Waals surface area contributed by atoms with Crippen LogP contribution in [-0.4, -0.2) is 0 Å². The standard InChI is InChI=1S/C12H16/c1-3-7-11(2)10-12-8-5-4-6-9-12/h4-6,8-9,11H,1-3,7,10H2. The van der Waals surface area contributed by atoms with Gasteiger partial charge in [-0.05, 0) is 24.8 Å². The third-order valence-corrected chi connectivity index (χ3v) is 1.98. The fourth-order valence-corrected chi connectivity index (χ4v) is 1.34. The lowest BCUT2D eigenvalue weighted by Gasteiger charge is -2.08. The van der Waals surface area contributed by atoms with Crippen molar-refractivity contribution in [3.8, 4) is 0 Å². The first-order valence-electron chi connectivity index (χ1n) is 4.49. The van der Waals surface area contributed by atoms with Crippen molar-refractivity contribution in [2.24, 2.45) is 5.92 Å². The molecule has 0 bridgehead atoms. The van der Waals surface area contributed by atoms with Crippen molar-refractivity contribution in [1.29, 1.82) is 0 Å². The summed E-state index contributed by atoms with van der Waals surface area (Å²) in [6, 6.07) is 10.5. The van der Waals surface area contributed by atoms with E-state index in [1.54, 1.807) is 0 Å². The van der Waals surface area contributed by atoms with Crippen molar-refractivity contribution in [3.05, 3.63) is 49.7 Å². The molecule has 0 aromatic heterocycles. The first kappa shape index (κ1) is 9.31. The minimum atomic E-state index is 0.518. The Hall–Kier alpha value is -0.780. The molecule has 1 aromatic rings. The van der Waals surface area contributed by atoms with Crippen LogP contribution in [0.2, 0.25) is 0 Å². The molecule has 64 valence electrons. The van der Waals surface area contributed by atoms with Crippen LogP contribution in [0, 0.1) is 19.8 Å². The zero-order valence-electron chi connectivity index (χ0n) is 7.50. The summed E-state index contributed by atoms with van der Waals surface area (Å²) in [5.74, 6) is 0.518. The average Bonchev–Trinajstić information content (AvgIpc) is 2.06. The smallest absolute Gasteiger partial charge is 0.0250 e. The Morgan fingerprint density at radius 2 is 1.83 bits per heavy atom. The van der Waals surface area contributed by atoms with Gasteiger partial charge in [0.05, 0.1) is 0 Å². The summed E-state index contributed by atoms with van der Waals surface area (Å²) in [7, 11) is 0. The molecule has 12 heavy (non-hydrogen) atoms. The normalized spacial score (nSPS) is 12.8. The van der Waals surface area contributed by atoms with Gasteiger partial charge in [-0.3, -0.25) is 0 Å². The molecule has 0 saturated heterocycles. The van der Waals surface area contributed by atoms with Gasteiger partial charge in [-0.15, -0.1) is 0 Å². The number of benzene rings is 1. The highest BCUT2D eigenvalue weighted by molar-refractivity contribution is 5.15. The van der Waals surface area contributed by atoms with Gasteiger partial charge in [0.1, 0.15) is 0 Å². The summed E-state index contributed by atoms with van der Waals surface area (Å²) in [5, 5.41) is 0. The zero-order chi connectivity index (χ0) is 8.81. The van der Waals surface area contributed by atoms with Gasteiger partial charge < -0.3 is 0 Å². The number of hydrogen-bond acceptors (Lipinski definition) is 0. The van der Waals surface area contributed by atoms with E-state index in [1.807, 2.05) is 6.07 Å². The van der Waals surface area contributed by atoms with Gasteiger partial charge in [-0.25, -0.2) is 0 Å². The van der Waals surface area contributed by atoms with E-state index < -0.39 is 0 Å². The van der Waals surface area contributed by atoms with Crippen LogP contribution in [-0.2, 0) is 6.42 Å². The molecule has 2 radical (unpaired) electrons. The van der Waals surface area contributed by atoms with E-state index in [-0.39, 0.29) is 0 Å². The van der Waals surface area contributed by atoms with Gasteiger partial charge in [0.2, 0.25) is 0 Å². The van der Waals surface area contributed by atoms with Crippen LogP contribution in [0.15, 0.2) is 30.3 Å². The molecule has 0 aliphatic heterocycles. The van der Waals surface area contributed by atoms with Gasteiger partial charge in [0.15, 0.2) is 0 Å². The minimum Gasteiger partial charge on any atom is -0.0622 e. The van der Waals surface area contributed by atoms with E-state index in [1.165, 1.54) is 5.56 Å². The minimum absolute atomic E-state index is 0.518. The lowest BCUT2D eigenvalue weighted by atomic mass is 9.97. The van der Waals surface area contributed by atoms with Gasteiger partial charge in [-0.1, -0.05) is 50.1 Å². The summed E-state index contributed by atoms with van der Waals surface area (Å²) in [4.78, 5) is 0. The molecule has 1 atom stereocenters. The predicted octanol–water partition coefficient (Wildman–Crippen LogP) is 3.29. The van der Waals surface area contributed by atoms with Crippen molar-refractivity contribution < 1.29 is 0 Å². The maximum atomic E-state index is 4.08. The molecular weight excluding hydrogens is 144 g/mol. The van der Waals surface area contributed by atoms with Crippen LogP contribution < -0.4 is 0 Å². The van der Waals surface area contributed by atoms with Crippen molar-refractivity contribution in [2.75, 3.05) is 0 Å². The first-order chi connectivity index (χ1) is 5.83. The molecule has 0 saturated carbocycles. The Labute approximate surface area is 75.6 Å². The maximum absolute atomic E-state index is 4.08. The Bertz CT molecular complexity index is 201. The van der Waals surface area contributed by atoms with Gasteiger partial charge in [0.25, 0.3) is 0 Å². The maximum Gasteiger partial charge on any atom is -0.0250 e. The Morgan fingerprint density at radius 1 is 1.17 bits per heavy atom. The lowest BCUT2D eigenvalue weighted by molar-refractivity contribution is 0.590. The largest absolute Gasteiger partial charge is 0.0622 e. The highest BCUT2D eigenvalue weighted by atomic mass is 14.1. The summed E-state index contributed by atoms with van der Waals surface area (Å²) in [6.07, 6.45) is 3.19. The molecule has 0 amide bonds. The Morgan fingerprint density at radius 3 is 2.42 bits per heavy atom. The summed E-state index contributed by atoms with van der Waals surface area (Å²) in [5.41, 5.74) is 1.38. The van der Waals surface area contributed by atoms with Crippen LogP contribution in [0.1, 0.15) is 18.4 Å². The summed E-state index contributed by atoms with van der Waals surface area (Å²) >= 11 is 0. The van der Waals surface area contributed by atoms with E-state index in [2.05, 4.69) is 38.1 Å². The van der Waals surface area contributed by atoms with E-state index in [0.717, 1.165) is 19.3 Å². The molecule has 1 rings (SSSR count). The van der Waals surface area contributed by atoms with Crippen LogP contribution in [0.3, 0.4) is 0 Å². The zero-order valence-corrected chi connectivity index (χ0v) is 7.50. The monoisotopic (exact) mass is 160 g/mol. The molecule has 1 aromatic carbocycles. The predicted molar refractivity (Wildman–Crippen MR) is 53.6 cm³/mol. The molecule has 1 unspecified atom stereocenters. The molecule has 0 heterocycles. The molecule has 0 spiro atoms. The Kier molecular flexibility index (Phi) is 3.86. The van der Waals surface area contributed by atoms with Crippen molar-refractivity contribution >= 4 is 0 Å². The van der Waals surface area contributed by atoms with Crippen LogP contribution in [0.25, 0.3) is 0 Å². The van der Waals surface area contributed by atoms with Crippen LogP contribution >= 0.6 is 0 Å². The van der Waals surface area contributed by atoms with Crippen molar-refractivity contribution in [1.82, 2.24) is 0 Å². The average molecular weight is 160 g/mol. The first-order valence-corrected chi connectivity index (χ1v) is 4.49. The number of rotatable bonds is 4. The molecular formula is C12H16. The fraction of sp³-hybridized carbons (Fsp3) is 0.333. The van der Waals surface area contributed by atoms with Gasteiger partial charge in [0, 0.05) is 0 Å². The van der Waals surface area contributed by atoms with Gasteiger partial charge >= 0.3 is 0 Å². The second-order valence-corrected chi connectivity index (χ2v) is 3.20. The van der Waals surface area contributed by atoms with Crippen molar-refractivity contribution in [2.45, 2.75) is 19.3 Å². The second kappa shape index (κ2) is 4.97. The summed E-state index contributed by atoms with van der Waals surface area (Å²) in [6.45, 7) is 7.91. The number of hydrogen-bond donors (Lipinski definition) is 0. The summed E-state index contributed by atoms with van der Waals surface area (Å²) < 4.78 is 0. The third kappa shape index (κ3) is 3.08. The van der Waals surface area contributed by atoms with E-state index in [4.69, 9.17) is 0 Å². The van der Waals surface area contributed by atoms with E-state index >= 15 is 0 Å². The van der Waals surface area contributed by atoms with Crippen LogP contribution in [0.5, 0.6) is 0 Å². The molecule has 0 fully saturated rings. The van der Waals surface area contributed by atoms with Gasteiger partial charge in [-0.2, -0.15) is 0 Å². The molecule has 0 heteroatoms. The lowest BCUT2D eigenvalue weighted by Crippen LogP contribution is -1.98. The topological polar surface area (TPSA) is 0 Å². The van der Waals surface area contributed by atoms with Crippen LogP contribution in [0.4, 0.5) is 0 Å². The highest BCUT2D eigenvalue weighted by Crippen LogP contribution is 2.12. The molecule has 0 aliphatic carbocycles.